The first kappa shape index (κ1) is 17.2. The van der Waals surface area contributed by atoms with Crippen LogP contribution in [0.4, 0.5) is 0 Å². The smallest absolute Gasteiger partial charge is 0.251 e. The minimum Gasteiger partial charge on any atom is -0.368 e. The molecular weight excluding hydrogens is 302 g/mol. The molecule has 122 valence electrons. The fraction of sp³-hybridized carbons (Fsp3) is 0.211. The van der Waals surface area contributed by atoms with Gasteiger partial charge in [-0.2, -0.15) is 5.26 Å². The van der Waals surface area contributed by atoms with Crippen molar-refractivity contribution >= 4 is 11.8 Å². The molecule has 0 aliphatic heterocycles. The second-order valence-corrected chi connectivity index (χ2v) is 5.64. The summed E-state index contributed by atoms with van der Waals surface area (Å²) in [4.78, 5) is 23.7. The minimum absolute atomic E-state index is 0.194. The van der Waals surface area contributed by atoms with E-state index >= 15 is 0 Å². The molecule has 5 nitrogen and oxygen atoms in total. The van der Waals surface area contributed by atoms with Gasteiger partial charge in [-0.1, -0.05) is 42.5 Å². The summed E-state index contributed by atoms with van der Waals surface area (Å²) in [6.45, 7) is 1.68. The largest absolute Gasteiger partial charge is 0.368 e. The van der Waals surface area contributed by atoms with E-state index in [1.54, 1.807) is 19.1 Å². The fourth-order valence-electron chi connectivity index (χ4n) is 2.34. The van der Waals surface area contributed by atoms with E-state index in [4.69, 9.17) is 11.0 Å². The number of benzene rings is 2. The summed E-state index contributed by atoms with van der Waals surface area (Å²) in [6, 6.07) is 18.1. The lowest BCUT2D eigenvalue weighted by atomic mass is 10.0. The summed E-state index contributed by atoms with van der Waals surface area (Å²) in [5, 5.41) is 11.4. The van der Waals surface area contributed by atoms with Crippen molar-refractivity contribution in [2.75, 3.05) is 0 Å². The van der Waals surface area contributed by atoms with Crippen molar-refractivity contribution in [2.24, 2.45) is 11.7 Å². The van der Waals surface area contributed by atoms with Crippen LogP contribution in [0.25, 0.3) is 11.1 Å². The molecule has 0 aliphatic rings. The lowest BCUT2D eigenvalue weighted by Gasteiger charge is -2.16. The number of hydrogen-bond donors (Lipinski definition) is 2. The van der Waals surface area contributed by atoms with Gasteiger partial charge in [0.2, 0.25) is 5.91 Å². The van der Waals surface area contributed by atoms with Gasteiger partial charge in [-0.3, -0.25) is 9.59 Å². The highest BCUT2D eigenvalue weighted by Crippen LogP contribution is 2.19. The van der Waals surface area contributed by atoms with Crippen LogP contribution in [-0.4, -0.2) is 17.9 Å². The van der Waals surface area contributed by atoms with E-state index in [0.717, 1.165) is 11.1 Å². The number of hydrogen-bond acceptors (Lipinski definition) is 3. The third-order valence-electron chi connectivity index (χ3n) is 3.71. The predicted molar refractivity (Wildman–Crippen MR) is 91.7 cm³/mol. The maximum atomic E-state index is 12.3. The molecule has 2 atom stereocenters. The van der Waals surface area contributed by atoms with Gasteiger partial charge in [0.05, 0.1) is 6.07 Å². The van der Waals surface area contributed by atoms with Crippen molar-refractivity contribution in [3.63, 3.8) is 0 Å². The zero-order chi connectivity index (χ0) is 17.5. The van der Waals surface area contributed by atoms with Gasteiger partial charge in [-0.15, -0.1) is 0 Å². The monoisotopic (exact) mass is 321 g/mol. The molecule has 2 aromatic rings. The van der Waals surface area contributed by atoms with Crippen LogP contribution in [0.15, 0.2) is 54.6 Å². The summed E-state index contributed by atoms with van der Waals surface area (Å²) < 4.78 is 0. The molecule has 2 rings (SSSR count). The van der Waals surface area contributed by atoms with Crippen LogP contribution < -0.4 is 11.1 Å². The topological polar surface area (TPSA) is 96.0 Å². The molecule has 0 saturated heterocycles. The van der Waals surface area contributed by atoms with E-state index in [-0.39, 0.29) is 18.2 Å². The zero-order valence-electron chi connectivity index (χ0n) is 13.4. The Labute approximate surface area is 141 Å². The molecule has 0 radical (unpaired) electrons. The number of nitrogens with two attached hydrogens (primary N) is 1. The Morgan fingerprint density at radius 2 is 1.67 bits per heavy atom. The Bertz CT molecular complexity index is 748. The second-order valence-electron chi connectivity index (χ2n) is 5.64. The number of amides is 2. The Kier molecular flexibility index (Phi) is 5.69. The van der Waals surface area contributed by atoms with Gasteiger partial charge in [0, 0.05) is 11.5 Å². The molecule has 0 heterocycles. The molecule has 0 saturated carbocycles. The van der Waals surface area contributed by atoms with E-state index < -0.39 is 11.9 Å². The lowest BCUT2D eigenvalue weighted by molar-refractivity contribution is -0.120. The summed E-state index contributed by atoms with van der Waals surface area (Å²) in [6.07, 6.45) is 0.194. The van der Waals surface area contributed by atoms with E-state index in [1.807, 2.05) is 48.5 Å². The third-order valence-corrected chi connectivity index (χ3v) is 3.71. The second kappa shape index (κ2) is 7.93. The molecule has 24 heavy (non-hydrogen) atoms. The highest BCUT2D eigenvalue weighted by Gasteiger charge is 2.21. The Morgan fingerprint density at radius 1 is 1.08 bits per heavy atom. The number of carbonyl (C=O) groups excluding carboxylic acids is 2. The minimum atomic E-state index is -0.860. The Balaban J connectivity index is 2.09. The zero-order valence-corrected chi connectivity index (χ0v) is 13.4. The first-order valence-corrected chi connectivity index (χ1v) is 7.66. The standard InChI is InChI=1S/C19H19N3O2/c1-13(12-20)11-17(18(21)23)22-19(24)16-9-7-15(8-10-16)14-5-3-2-4-6-14/h2-10,13,17H,11H2,1H3,(H2,21,23)(H,22,24)/t13-,17-/m1/s1. The van der Waals surface area contributed by atoms with Crippen LogP contribution >= 0.6 is 0 Å². The molecule has 0 spiro atoms. The number of carbonyl (C=O) groups is 2. The number of nitrogens with one attached hydrogen (secondary N) is 1. The third kappa shape index (κ3) is 4.43. The number of nitrogens with zero attached hydrogens (tertiary/aromatic N) is 1. The van der Waals surface area contributed by atoms with Gasteiger partial charge in [0.25, 0.3) is 5.91 Å². The van der Waals surface area contributed by atoms with Gasteiger partial charge in [-0.05, 0) is 36.6 Å². The SMILES string of the molecule is C[C@@H](C#N)C[C@@H](NC(=O)c1ccc(-c2ccccc2)cc1)C(N)=O. The molecule has 5 heteroatoms. The van der Waals surface area contributed by atoms with E-state index in [0.29, 0.717) is 5.56 Å². The van der Waals surface area contributed by atoms with Gasteiger partial charge < -0.3 is 11.1 Å². The van der Waals surface area contributed by atoms with E-state index in [9.17, 15) is 9.59 Å². The molecule has 3 N–H and O–H groups in total. The molecule has 2 aromatic carbocycles. The van der Waals surface area contributed by atoms with Crippen LogP contribution in [0.1, 0.15) is 23.7 Å². The average Bonchev–Trinajstić information content (AvgIpc) is 2.61. The van der Waals surface area contributed by atoms with Crippen molar-refractivity contribution in [1.82, 2.24) is 5.32 Å². The Morgan fingerprint density at radius 3 is 2.21 bits per heavy atom. The average molecular weight is 321 g/mol. The van der Waals surface area contributed by atoms with Crippen LogP contribution in [-0.2, 0) is 4.79 Å². The molecule has 0 aromatic heterocycles. The number of nitriles is 1. The summed E-state index contributed by atoms with van der Waals surface area (Å²) >= 11 is 0. The van der Waals surface area contributed by atoms with E-state index in [2.05, 4.69) is 5.32 Å². The van der Waals surface area contributed by atoms with Crippen molar-refractivity contribution in [3.8, 4) is 17.2 Å². The van der Waals surface area contributed by atoms with Crippen LogP contribution in [0.3, 0.4) is 0 Å². The fourth-order valence-corrected chi connectivity index (χ4v) is 2.34. The number of primary amides is 1. The molecule has 2 amide bonds. The first-order valence-electron chi connectivity index (χ1n) is 7.66. The van der Waals surface area contributed by atoms with Gasteiger partial charge >= 0.3 is 0 Å². The van der Waals surface area contributed by atoms with Crippen molar-refractivity contribution < 1.29 is 9.59 Å². The number of rotatable bonds is 6. The van der Waals surface area contributed by atoms with Crippen molar-refractivity contribution in [3.05, 3.63) is 60.2 Å². The van der Waals surface area contributed by atoms with Crippen molar-refractivity contribution in [2.45, 2.75) is 19.4 Å². The van der Waals surface area contributed by atoms with Crippen molar-refractivity contribution in [1.29, 1.82) is 5.26 Å². The summed E-state index contributed by atoms with van der Waals surface area (Å²) in [5.41, 5.74) is 7.79. The maximum Gasteiger partial charge on any atom is 0.251 e. The normalized spacial score (nSPS) is 12.7. The molecule has 0 bridgehead atoms. The summed E-state index contributed by atoms with van der Waals surface area (Å²) in [5.74, 6) is -1.40. The molecule has 0 aliphatic carbocycles. The molecule has 0 unspecified atom stereocenters. The highest BCUT2D eigenvalue weighted by molar-refractivity contribution is 5.97. The van der Waals surface area contributed by atoms with Gasteiger partial charge in [0.15, 0.2) is 0 Å². The molecule has 0 fully saturated rings. The van der Waals surface area contributed by atoms with Crippen LogP contribution in [0.5, 0.6) is 0 Å². The first-order chi connectivity index (χ1) is 11.5. The maximum absolute atomic E-state index is 12.3. The lowest BCUT2D eigenvalue weighted by Crippen LogP contribution is -2.45. The highest BCUT2D eigenvalue weighted by atomic mass is 16.2. The van der Waals surface area contributed by atoms with Gasteiger partial charge in [0.1, 0.15) is 6.04 Å². The predicted octanol–water partition coefficient (Wildman–Crippen LogP) is 2.49. The van der Waals surface area contributed by atoms with Crippen LogP contribution in [0, 0.1) is 17.2 Å². The molecular formula is C19H19N3O2. The van der Waals surface area contributed by atoms with Crippen LogP contribution in [0.2, 0.25) is 0 Å². The quantitative estimate of drug-likeness (QED) is 0.855. The van der Waals surface area contributed by atoms with Gasteiger partial charge in [-0.25, -0.2) is 0 Å². The Hall–Kier alpha value is -3.13. The van der Waals surface area contributed by atoms with E-state index in [1.165, 1.54) is 0 Å². The summed E-state index contributed by atoms with van der Waals surface area (Å²) in [7, 11) is 0.